The highest BCUT2D eigenvalue weighted by Gasteiger charge is 2.34. The molecule has 0 bridgehead atoms. The fraction of sp³-hybridized carbons (Fsp3) is 0.200. The van der Waals surface area contributed by atoms with E-state index in [2.05, 4.69) is 15.9 Å². The average Bonchev–Trinajstić information content (AvgIpc) is 2.40. The third-order valence-corrected chi connectivity index (χ3v) is 4.06. The molecule has 0 aromatic heterocycles. The number of benzene rings is 2. The molecule has 1 atom stereocenters. The lowest BCUT2D eigenvalue weighted by molar-refractivity contribution is -0.140. The first-order valence-electron chi connectivity index (χ1n) is 6.08. The maximum atomic E-state index is 13.3. The van der Waals surface area contributed by atoms with Crippen LogP contribution in [0.25, 0.3) is 0 Å². The number of halogens is 5. The summed E-state index contributed by atoms with van der Waals surface area (Å²) in [5.41, 5.74) is 6.52. The molecule has 21 heavy (non-hydrogen) atoms. The molecular formula is C15H12BrF4N. The second kappa shape index (κ2) is 5.77. The van der Waals surface area contributed by atoms with Gasteiger partial charge in [0.1, 0.15) is 5.82 Å². The fourth-order valence-corrected chi connectivity index (χ4v) is 2.35. The lowest BCUT2D eigenvalue weighted by Crippen LogP contribution is -2.15. The Labute approximate surface area is 127 Å². The molecule has 1 nitrogen and oxygen atoms in total. The van der Waals surface area contributed by atoms with E-state index in [9.17, 15) is 17.6 Å². The topological polar surface area (TPSA) is 26.0 Å². The Morgan fingerprint density at radius 2 is 1.62 bits per heavy atom. The molecule has 2 aromatic carbocycles. The molecule has 0 aliphatic rings. The minimum atomic E-state index is -4.74. The molecule has 2 rings (SSSR count). The Balaban J connectivity index is 2.44. The van der Waals surface area contributed by atoms with Gasteiger partial charge in [-0.25, -0.2) is 4.39 Å². The van der Waals surface area contributed by atoms with Crippen molar-refractivity contribution in [3.8, 4) is 0 Å². The van der Waals surface area contributed by atoms with E-state index in [0.29, 0.717) is 5.56 Å². The smallest absolute Gasteiger partial charge is 0.320 e. The molecule has 6 heteroatoms. The van der Waals surface area contributed by atoms with Crippen molar-refractivity contribution in [2.24, 2.45) is 5.73 Å². The molecule has 0 fully saturated rings. The van der Waals surface area contributed by atoms with E-state index in [1.165, 1.54) is 6.07 Å². The Kier molecular flexibility index (Phi) is 4.39. The fourth-order valence-electron chi connectivity index (χ4n) is 1.95. The zero-order valence-corrected chi connectivity index (χ0v) is 12.6. The predicted molar refractivity (Wildman–Crippen MR) is 76.3 cm³/mol. The first-order chi connectivity index (χ1) is 9.70. The van der Waals surface area contributed by atoms with Gasteiger partial charge in [-0.05, 0) is 41.8 Å². The van der Waals surface area contributed by atoms with Crippen LogP contribution in [0, 0.1) is 12.7 Å². The van der Waals surface area contributed by atoms with Crippen LogP contribution in [-0.4, -0.2) is 0 Å². The van der Waals surface area contributed by atoms with Gasteiger partial charge in [-0.3, -0.25) is 0 Å². The molecule has 1 unspecified atom stereocenters. The number of rotatable bonds is 2. The number of hydrogen-bond donors (Lipinski definition) is 1. The maximum absolute atomic E-state index is 13.3. The third kappa shape index (κ3) is 3.44. The van der Waals surface area contributed by atoms with Crippen LogP contribution < -0.4 is 5.73 Å². The van der Waals surface area contributed by atoms with Gasteiger partial charge in [0.05, 0.1) is 11.6 Å². The molecule has 0 amide bonds. The summed E-state index contributed by atoms with van der Waals surface area (Å²) in [6.07, 6.45) is -4.74. The van der Waals surface area contributed by atoms with Gasteiger partial charge in [-0.15, -0.1) is 0 Å². The van der Waals surface area contributed by atoms with Gasteiger partial charge < -0.3 is 5.73 Å². The van der Waals surface area contributed by atoms with Gasteiger partial charge in [-0.1, -0.05) is 34.1 Å². The maximum Gasteiger partial charge on any atom is 0.419 e. The van der Waals surface area contributed by atoms with Crippen molar-refractivity contribution < 1.29 is 17.6 Å². The summed E-state index contributed by atoms with van der Waals surface area (Å²) in [5.74, 6) is -1.30. The summed E-state index contributed by atoms with van der Waals surface area (Å²) in [5, 5.41) is 0. The monoisotopic (exact) mass is 361 g/mol. The molecular weight excluding hydrogens is 350 g/mol. The molecule has 0 saturated carbocycles. The van der Waals surface area contributed by atoms with Crippen LogP contribution in [0.2, 0.25) is 0 Å². The Morgan fingerprint density at radius 3 is 2.19 bits per heavy atom. The largest absolute Gasteiger partial charge is 0.419 e. The number of alkyl halides is 3. The van der Waals surface area contributed by atoms with Gasteiger partial charge in [0.2, 0.25) is 0 Å². The summed E-state index contributed by atoms with van der Waals surface area (Å²) in [6, 6.07) is 7.35. The average molecular weight is 362 g/mol. The van der Waals surface area contributed by atoms with Crippen LogP contribution in [0.4, 0.5) is 17.6 Å². The molecule has 0 saturated heterocycles. The van der Waals surface area contributed by atoms with E-state index in [0.717, 1.165) is 22.2 Å². The Morgan fingerprint density at radius 1 is 1.05 bits per heavy atom. The van der Waals surface area contributed by atoms with Crippen molar-refractivity contribution in [3.05, 3.63) is 68.9 Å². The van der Waals surface area contributed by atoms with E-state index in [4.69, 9.17) is 5.73 Å². The lowest BCUT2D eigenvalue weighted by atomic mass is 9.97. The Hall–Kier alpha value is -1.40. The van der Waals surface area contributed by atoms with Crippen LogP contribution >= 0.6 is 15.9 Å². The van der Waals surface area contributed by atoms with Gasteiger partial charge in [0, 0.05) is 4.47 Å². The molecule has 0 radical (unpaired) electrons. The summed E-state index contributed by atoms with van der Waals surface area (Å²) < 4.78 is 52.3. The number of aryl methyl sites for hydroxylation is 1. The van der Waals surface area contributed by atoms with Gasteiger partial charge in [-0.2, -0.15) is 13.2 Å². The zero-order chi connectivity index (χ0) is 15.8. The van der Waals surface area contributed by atoms with Crippen LogP contribution in [0.15, 0.2) is 40.9 Å². The second-order valence-electron chi connectivity index (χ2n) is 4.72. The summed E-state index contributed by atoms with van der Waals surface area (Å²) in [7, 11) is 0. The number of hydrogen-bond acceptors (Lipinski definition) is 1. The van der Waals surface area contributed by atoms with E-state index in [-0.39, 0.29) is 5.56 Å². The van der Waals surface area contributed by atoms with Gasteiger partial charge in [0.25, 0.3) is 0 Å². The standard InChI is InChI=1S/C15H12BrF4N/c1-8-2-3-10(7-12(8)16)14(21)9-4-5-13(17)11(6-9)15(18,19)20/h2-7,14H,21H2,1H3. The van der Waals surface area contributed by atoms with Crippen molar-refractivity contribution >= 4 is 15.9 Å². The minimum Gasteiger partial charge on any atom is -0.320 e. The molecule has 112 valence electrons. The molecule has 2 aromatic rings. The second-order valence-corrected chi connectivity index (χ2v) is 5.58. The molecule has 0 aliphatic heterocycles. The first-order valence-corrected chi connectivity index (χ1v) is 6.87. The van der Waals surface area contributed by atoms with Gasteiger partial charge in [0.15, 0.2) is 0 Å². The quantitative estimate of drug-likeness (QED) is 0.751. The third-order valence-electron chi connectivity index (χ3n) is 3.21. The van der Waals surface area contributed by atoms with E-state index in [1.807, 2.05) is 13.0 Å². The molecule has 0 heterocycles. The normalized spacial score (nSPS) is 13.3. The summed E-state index contributed by atoms with van der Waals surface area (Å²) in [4.78, 5) is 0. The van der Waals surface area contributed by atoms with E-state index in [1.54, 1.807) is 12.1 Å². The highest BCUT2D eigenvalue weighted by Crippen LogP contribution is 2.34. The van der Waals surface area contributed by atoms with Crippen molar-refractivity contribution in [3.63, 3.8) is 0 Å². The zero-order valence-electron chi connectivity index (χ0n) is 11.0. The highest BCUT2D eigenvalue weighted by atomic mass is 79.9. The Bertz CT molecular complexity index is 667. The van der Waals surface area contributed by atoms with Crippen LogP contribution in [-0.2, 0) is 6.18 Å². The SMILES string of the molecule is Cc1ccc(C(N)c2ccc(F)c(C(F)(F)F)c2)cc1Br. The predicted octanol–water partition coefficient (Wildman–Crippen LogP) is 4.96. The van der Waals surface area contributed by atoms with E-state index >= 15 is 0 Å². The van der Waals surface area contributed by atoms with E-state index < -0.39 is 23.6 Å². The van der Waals surface area contributed by atoms with Crippen molar-refractivity contribution in [1.29, 1.82) is 0 Å². The molecule has 0 spiro atoms. The van der Waals surface area contributed by atoms with Crippen LogP contribution in [0.5, 0.6) is 0 Å². The van der Waals surface area contributed by atoms with Crippen molar-refractivity contribution in [2.45, 2.75) is 19.1 Å². The van der Waals surface area contributed by atoms with Crippen molar-refractivity contribution in [2.75, 3.05) is 0 Å². The van der Waals surface area contributed by atoms with Crippen LogP contribution in [0.1, 0.15) is 28.3 Å². The van der Waals surface area contributed by atoms with Crippen molar-refractivity contribution in [1.82, 2.24) is 0 Å². The minimum absolute atomic E-state index is 0.208. The number of nitrogens with two attached hydrogens (primary N) is 1. The van der Waals surface area contributed by atoms with Gasteiger partial charge >= 0.3 is 6.18 Å². The van der Waals surface area contributed by atoms with Crippen LogP contribution in [0.3, 0.4) is 0 Å². The molecule has 0 aliphatic carbocycles. The first kappa shape index (κ1) is 16.0. The lowest BCUT2D eigenvalue weighted by Gasteiger charge is -2.16. The molecule has 2 N–H and O–H groups in total. The summed E-state index contributed by atoms with van der Waals surface area (Å²) >= 11 is 3.35. The summed E-state index contributed by atoms with van der Waals surface area (Å²) in [6.45, 7) is 1.89. The highest BCUT2D eigenvalue weighted by molar-refractivity contribution is 9.10.